The van der Waals surface area contributed by atoms with Gasteiger partial charge in [0, 0.05) is 19.3 Å². The van der Waals surface area contributed by atoms with Crippen LogP contribution in [0, 0.1) is 6.92 Å². The van der Waals surface area contributed by atoms with Crippen LogP contribution in [0.2, 0.25) is 0 Å². The third-order valence-electron chi connectivity index (χ3n) is 8.68. The lowest BCUT2D eigenvalue weighted by molar-refractivity contribution is 0.532. The molecule has 239 valence electrons. The molecule has 0 N–H and O–H groups in total. The molecule has 0 aliphatic heterocycles. The van der Waals surface area contributed by atoms with Gasteiger partial charge in [-0.1, -0.05) is 188 Å². The van der Waals surface area contributed by atoms with Crippen molar-refractivity contribution in [2.24, 2.45) is 0 Å². The molecule has 3 nitrogen and oxygen atoms in total. The van der Waals surface area contributed by atoms with E-state index in [1.165, 1.54) is 180 Å². The van der Waals surface area contributed by atoms with Crippen LogP contribution in [0.3, 0.4) is 0 Å². The van der Waals surface area contributed by atoms with E-state index in [0.717, 1.165) is 43.2 Å². The molecule has 0 aliphatic rings. The van der Waals surface area contributed by atoms with Gasteiger partial charge in [0.05, 0.1) is 0 Å². The molecule has 0 saturated carbocycles. The Morgan fingerprint density at radius 2 is 0.537 bits per heavy atom. The van der Waals surface area contributed by atoms with Crippen molar-refractivity contribution in [3.8, 4) is 0 Å². The molecule has 3 heteroatoms. The molecule has 0 unspecified atom stereocenters. The minimum Gasteiger partial charge on any atom is -0.218 e. The summed E-state index contributed by atoms with van der Waals surface area (Å²) in [7, 11) is 0. The van der Waals surface area contributed by atoms with Crippen LogP contribution >= 0.6 is 0 Å². The highest BCUT2D eigenvalue weighted by Gasteiger charge is 2.07. The zero-order valence-electron chi connectivity index (χ0n) is 28.2. The Bertz CT molecular complexity index is 609. The third-order valence-corrected chi connectivity index (χ3v) is 8.68. The molecule has 1 radical (unpaired) electrons. The second kappa shape index (κ2) is 30.5. The molecule has 0 spiro atoms. The van der Waals surface area contributed by atoms with Gasteiger partial charge in [0.1, 0.15) is 17.5 Å². The summed E-state index contributed by atoms with van der Waals surface area (Å²) in [6.45, 7) is 8.62. The van der Waals surface area contributed by atoms with E-state index in [4.69, 9.17) is 15.0 Å². The number of aromatic nitrogens is 3. The van der Waals surface area contributed by atoms with Gasteiger partial charge in [0.15, 0.2) is 0 Å². The van der Waals surface area contributed by atoms with Crippen LogP contribution in [-0.4, -0.2) is 15.0 Å². The molecule has 1 heterocycles. The van der Waals surface area contributed by atoms with Gasteiger partial charge in [-0.2, -0.15) is 0 Å². The van der Waals surface area contributed by atoms with Crippen molar-refractivity contribution < 1.29 is 0 Å². The predicted octanol–water partition coefficient (Wildman–Crippen LogP) is 12.7. The molecule has 0 atom stereocenters. The van der Waals surface area contributed by atoms with Gasteiger partial charge in [-0.3, -0.25) is 0 Å². The second-order valence-electron chi connectivity index (χ2n) is 12.9. The maximum absolute atomic E-state index is 4.87. The van der Waals surface area contributed by atoms with Gasteiger partial charge in [-0.25, -0.2) is 15.0 Å². The number of aryl methyl sites for hydroxylation is 3. The van der Waals surface area contributed by atoms with Crippen molar-refractivity contribution in [1.82, 2.24) is 15.0 Å². The first-order valence-corrected chi connectivity index (χ1v) is 18.8. The lowest BCUT2D eigenvalue weighted by Crippen LogP contribution is -2.08. The molecule has 0 aliphatic carbocycles. The van der Waals surface area contributed by atoms with E-state index >= 15 is 0 Å². The highest BCUT2D eigenvalue weighted by Crippen LogP contribution is 2.15. The number of hydrogen-bond donors (Lipinski definition) is 0. The van der Waals surface area contributed by atoms with Crippen LogP contribution in [0.1, 0.15) is 218 Å². The molecule has 1 rings (SSSR count). The minimum absolute atomic E-state index is 0.862. The maximum Gasteiger partial charge on any atom is 0.132 e. The van der Waals surface area contributed by atoms with Crippen molar-refractivity contribution >= 4 is 0 Å². The molecular formula is C38H72N3. The monoisotopic (exact) mass is 571 g/mol. The smallest absolute Gasteiger partial charge is 0.132 e. The average molecular weight is 571 g/mol. The van der Waals surface area contributed by atoms with E-state index in [1.54, 1.807) is 0 Å². The Hall–Kier alpha value is -0.990. The summed E-state index contributed by atoms with van der Waals surface area (Å²) < 4.78 is 0. The van der Waals surface area contributed by atoms with Gasteiger partial charge < -0.3 is 0 Å². The average Bonchev–Trinajstić information content (AvgIpc) is 2.97. The molecule has 41 heavy (non-hydrogen) atoms. The van der Waals surface area contributed by atoms with Crippen LogP contribution in [0.4, 0.5) is 0 Å². The summed E-state index contributed by atoms with van der Waals surface area (Å²) in [6, 6.07) is 0. The van der Waals surface area contributed by atoms with Crippen molar-refractivity contribution in [1.29, 1.82) is 0 Å². The normalized spacial score (nSPS) is 11.5. The fourth-order valence-electron chi connectivity index (χ4n) is 5.97. The van der Waals surface area contributed by atoms with Gasteiger partial charge in [-0.05, 0) is 19.3 Å². The zero-order chi connectivity index (χ0) is 29.5. The second-order valence-corrected chi connectivity index (χ2v) is 12.9. The van der Waals surface area contributed by atoms with E-state index in [0.29, 0.717) is 0 Å². The Balaban J connectivity index is 2.06. The standard InChI is InChI=1S/C38H72N3/c1-4-7-9-11-13-15-17-19-21-23-25-27-29-31-34-37-39-36(33-6-3)40-38(41-37)35-32-30-28-26-24-22-20-18-16-14-12-10-8-5-2/h3-35H2,1-2H3. The lowest BCUT2D eigenvalue weighted by atomic mass is 10.0. The molecular weight excluding hydrogens is 498 g/mol. The van der Waals surface area contributed by atoms with Gasteiger partial charge in [0.25, 0.3) is 0 Å². The number of nitrogens with zero attached hydrogens (tertiary/aromatic N) is 3. The Labute approximate surface area is 258 Å². The van der Waals surface area contributed by atoms with E-state index in [2.05, 4.69) is 20.8 Å². The first kappa shape index (κ1) is 38.0. The summed E-state index contributed by atoms with van der Waals surface area (Å²) in [6.07, 6.45) is 42.9. The van der Waals surface area contributed by atoms with E-state index in [-0.39, 0.29) is 0 Å². The molecule has 1 aromatic rings. The molecule has 0 aromatic carbocycles. The molecule has 1 aromatic heterocycles. The lowest BCUT2D eigenvalue weighted by Gasteiger charge is -2.08. The number of hydrogen-bond acceptors (Lipinski definition) is 3. The van der Waals surface area contributed by atoms with Crippen LogP contribution in [0.25, 0.3) is 0 Å². The maximum atomic E-state index is 4.87. The minimum atomic E-state index is 0.862. The number of unbranched alkanes of at least 4 members (excludes halogenated alkanes) is 26. The molecule has 0 bridgehead atoms. The molecule has 0 fully saturated rings. The van der Waals surface area contributed by atoms with Crippen molar-refractivity contribution in [3.63, 3.8) is 0 Å². The summed E-state index contributed by atoms with van der Waals surface area (Å²) in [5, 5.41) is 0. The first-order valence-electron chi connectivity index (χ1n) is 18.8. The Morgan fingerprint density at radius 3 is 0.780 bits per heavy atom. The van der Waals surface area contributed by atoms with Crippen LogP contribution in [-0.2, 0) is 19.3 Å². The SMILES string of the molecule is [CH2]CCc1nc(CCCCCCCCCCCCCCCC)nc(CCCCCCCCCCCCCCCC)n1. The van der Waals surface area contributed by atoms with Crippen molar-refractivity contribution in [2.45, 2.75) is 219 Å². The summed E-state index contributed by atoms with van der Waals surface area (Å²) >= 11 is 0. The predicted molar refractivity (Wildman–Crippen MR) is 182 cm³/mol. The van der Waals surface area contributed by atoms with Crippen molar-refractivity contribution in [3.05, 3.63) is 24.4 Å². The molecule has 0 saturated heterocycles. The fraction of sp³-hybridized carbons (Fsp3) is 0.895. The van der Waals surface area contributed by atoms with Gasteiger partial charge in [0.2, 0.25) is 0 Å². The summed E-state index contributed by atoms with van der Waals surface area (Å²) in [5.74, 6) is 3.03. The third kappa shape index (κ3) is 25.2. The van der Waals surface area contributed by atoms with Crippen LogP contribution in [0.15, 0.2) is 0 Å². The van der Waals surface area contributed by atoms with E-state index in [9.17, 15) is 0 Å². The van der Waals surface area contributed by atoms with Gasteiger partial charge in [-0.15, -0.1) is 0 Å². The zero-order valence-corrected chi connectivity index (χ0v) is 28.2. The summed E-state index contributed by atoms with van der Waals surface area (Å²) in [5.41, 5.74) is 0. The van der Waals surface area contributed by atoms with E-state index < -0.39 is 0 Å². The van der Waals surface area contributed by atoms with Gasteiger partial charge >= 0.3 is 0 Å². The highest BCUT2D eigenvalue weighted by atomic mass is 15.0. The van der Waals surface area contributed by atoms with Crippen LogP contribution in [0.5, 0.6) is 0 Å². The Morgan fingerprint density at radius 1 is 0.317 bits per heavy atom. The molecule has 0 amide bonds. The Kier molecular flexibility index (Phi) is 28.3. The quantitative estimate of drug-likeness (QED) is 0.0808. The highest BCUT2D eigenvalue weighted by molar-refractivity contribution is 4.99. The fourth-order valence-corrected chi connectivity index (χ4v) is 5.97. The number of rotatable bonds is 32. The largest absolute Gasteiger partial charge is 0.218 e. The summed E-state index contributed by atoms with van der Waals surface area (Å²) in [4.78, 5) is 14.4. The topological polar surface area (TPSA) is 38.7 Å². The first-order chi connectivity index (χ1) is 20.3. The van der Waals surface area contributed by atoms with E-state index in [1.807, 2.05) is 0 Å². The van der Waals surface area contributed by atoms with Crippen LogP contribution < -0.4 is 0 Å². The van der Waals surface area contributed by atoms with Crippen molar-refractivity contribution in [2.75, 3.05) is 0 Å².